The van der Waals surface area contributed by atoms with Crippen LogP contribution in [-0.2, 0) is 14.8 Å². The van der Waals surface area contributed by atoms with Crippen LogP contribution >= 0.6 is 0 Å². The average Bonchev–Trinajstić information content (AvgIpc) is 2.18. The molecule has 1 rings (SSSR count). The molecule has 0 aliphatic carbocycles. The molecule has 1 aromatic carbocycles. The van der Waals surface area contributed by atoms with Gasteiger partial charge < -0.3 is 5.73 Å². The van der Waals surface area contributed by atoms with Crippen LogP contribution in [0.1, 0.15) is 24.8 Å². The standard InChI is InChI=1S/C11H16N2O3S/c1-3-10(11(12)14)8-4-6-9(7-5-8)13-17(2,15)16/h4-7,10,13H,3H2,1-2H3,(H2,12,14). The van der Waals surface area contributed by atoms with Crippen molar-refractivity contribution in [3.63, 3.8) is 0 Å². The van der Waals surface area contributed by atoms with Gasteiger partial charge in [0.1, 0.15) is 0 Å². The molecular formula is C11H16N2O3S. The lowest BCUT2D eigenvalue weighted by Gasteiger charge is -2.12. The quantitative estimate of drug-likeness (QED) is 0.824. The van der Waals surface area contributed by atoms with E-state index in [1.807, 2.05) is 6.92 Å². The number of nitrogens with two attached hydrogens (primary N) is 1. The molecule has 1 aromatic rings. The molecule has 0 bridgehead atoms. The molecule has 0 aliphatic rings. The SMILES string of the molecule is CCC(C(N)=O)c1ccc(NS(C)(=O)=O)cc1. The first-order chi connectivity index (χ1) is 7.83. The second-order valence-corrected chi connectivity index (χ2v) is 5.61. The van der Waals surface area contributed by atoms with Crippen molar-refractivity contribution in [2.75, 3.05) is 11.0 Å². The topological polar surface area (TPSA) is 89.3 Å². The Morgan fingerprint density at radius 2 is 1.88 bits per heavy atom. The Morgan fingerprint density at radius 3 is 2.24 bits per heavy atom. The van der Waals surface area contributed by atoms with Gasteiger partial charge in [-0.25, -0.2) is 8.42 Å². The lowest BCUT2D eigenvalue weighted by Crippen LogP contribution is -2.20. The number of carbonyl (C=O) groups excluding carboxylic acids is 1. The summed E-state index contributed by atoms with van der Waals surface area (Å²) in [6, 6.07) is 6.63. The van der Waals surface area contributed by atoms with Gasteiger partial charge in [-0.15, -0.1) is 0 Å². The third-order valence-electron chi connectivity index (χ3n) is 2.37. The van der Waals surface area contributed by atoms with Gasteiger partial charge in [0.05, 0.1) is 12.2 Å². The molecule has 3 N–H and O–H groups in total. The van der Waals surface area contributed by atoms with Crippen molar-refractivity contribution in [3.05, 3.63) is 29.8 Å². The summed E-state index contributed by atoms with van der Waals surface area (Å²) in [7, 11) is -3.27. The fourth-order valence-electron chi connectivity index (χ4n) is 1.60. The fraction of sp³-hybridized carbons (Fsp3) is 0.364. The van der Waals surface area contributed by atoms with E-state index in [0.717, 1.165) is 11.8 Å². The third kappa shape index (κ3) is 4.07. The molecular weight excluding hydrogens is 240 g/mol. The Bertz CT molecular complexity index is 494. The van der Waals surface area contributed by atoms with E-state index in [-0.39, 0.29) is 11.8 Å². The van der Waals surface area contributed by atoms with Crippen LogP contribution in [0.3, 0.4) is 0 Å². The summed E-state index contributed by atoms with van der Waals surface area (Å²) >= 11 is 0. The Kier molecular flexibility index (Phi) is 4.11. The normalized spacial score (nSPS) is 13.1. The summed E-state index contributed by atoms with van der Waals surface area (Å²) in [5, 5.41) is 0. The molecule has 0 heterocycles. The summed E-state index contributed by atoms with van der Waals surface area (Å²) in [4.78, 5) is 11.2. The van der Waals surface area contributed by atoms with Crippen LogP contribution in [0.15, 0.2) is 24.3 Å². The van der Waals surface area contributed by atoms with E-state index in [4.69, 9.17) is 5.73 Å². The van der Waals surface area contributed by atoms with Gasteiger partial charge in [-0.2, -0.15) is 0 Å². The fourth-order valence-corrected chi connectivity index (χ4v) is 2.16. The average molecular weight is 256 g/mol. The number of benzene rings is 1. The second-order valence-electron chi connectivity index (χ2n) is 3.86. The van der Waals surface area contributed by atoms with E-state index < -0.39 is 10.0 Å². The maximum atomic E-state index is 11.2. The van der Waals surface area contributed by atoms with Gasteiger partial charge in [0.25, 0.3) is 0 Å². The molecule has 1 amide bonds. The lowest BCUT2D eigenvalue weighted by atomic mass is 9.96. The first-order valence-corrected chi connectivity index (χ1v) is 7.09. The maximum Gasteiger partial charge on any atom is 0.229 e. The summed E-state index contributed by atoms with van der Waals surface area (Å²) in [5.41, 5.74) is 6.53. The Hall–Kier alpha value is -1.56. The van der Waals surface area contributed by atoms with Crippen LogP contribution in [0, 0.1) is 0 Å². The maximum absolute atomic E-state index is 11.2. The Balaban J connectivity index is 2.91. The van der Waals surface area contributed by atoms with E-state index in [9.17, 15) is 13.2 Å². The van der Waals surface area contributed by atoms with Gasteiger partial charge in [-0.3, -0.25) is 9.52 Å². The summed E-state index contributed by atoms with van der Waals surface area (Å²) < 4.78 is 24.3. The highest BCUT2D eigenvalue weighted by atomic mass is 32.2. The highest BCUT2D eigenvalue weighted by Crippen LogP contribution is 2.21. The van der Waals surface area contributed by atoms with Gasteiger partial charge in [0.2, 0.25) is 15.9 Å². The van der Waals surface area contributed by atoms with Crippen molar-refractivity contribution < 1.29 is 13.2 Å². The van der Waals surface area contributed by atoms with E-state index in [2.05, 4.69) is 4.72 Å². The minimum absolute atomic E-state index is 0.331. The van der Waals surface area contributed by atoms with Crippen LogP contribution in [0.25, 0.3) is 0 Å². The van der Waals surface area contributed by atoms with Crippen molar-refractivity contribution in [2.24, 2.45) is 5.73 Å². The second kappa shape index (κ2) is 5.18. The number of primary amides is 1. The number of rotatable bonds is 5. The smallest absolute Gasteiger partial charge is 0.229 e. The molecule has 0 aromatic heterocycles. The molecule has 0 radical (unpaired) electrons. The van der Waals surface area contributed by atoms with E-state index >= 15 is 0 Å². The van der Waals surface area contributed by atoms with Gasteiger partial charge in [-0.1, -0.05) is 19.1 Å². The molecule has 94 valence electrons. The summed E-state index contributed by atoms with van der Waals surface area (Å²) in [6.07, 6.45) is 1.70. The molecule has 5 nitrogen and oxygen atoms in total. The molecule has 1 unspecified atom stereocenters. The predicted molar refractivity (Wildman–Crippen MR) is 67.1 cm³/mol. The summed E-state index contributed by atoms with van der Waals surface area (Å²) in [5.74, 6) is -0.710. The van der Waals surface area contributed by atoms with Gasteiger partial charge in [0.15, 0.2) is 0 Å². The number of amides is 1. The van der Waals surface area contributed by atoms with Gasteiger partial charge in [0, 0.05) is 5.69 Å². The molecule has 0 aliphatic heterocycles. The Morgan fingerprint density at radius 1 is 1.35 bits per heavy atom. The molecule has 17 heavy (non-hydrogen) atoms. The zero-order valence-electron chi connectivity index (χ0n) is 9.80. The van der Waals surface area contributed by atoms with Gasteiger partial charge in [-0.05, 0) is 24.1 Å². The molecule has 6 heteroatoms. The molecule has 0 saturated carbocycles. The monoisotopic (exact) mass is 256 g/mol. The highest BCUT2D eigenvalue weighted by molar-refractivity contribution is 7.92. The van der Waals surface area contributed by atoms with E-state index in [1.54, 1.807) is 24.3 Å². The number of sulfonamides is 1. The van der Waals surface area contributed by atoms with Crippen molar-refractivity contribution in [3.8, 4) is 0 Å². The van der Waals surface area contributed by atoms with Crippen LogP contribution in [0.4, 0.5) is 5.69 Å². The first kappa shape index (κ1) is 13.5. The zero-order valence-corrected chi connectivity index (χ0v) is 10.6. The van der Waals surface area contributed by atoms with E-state index in [0.29, 0.717) is 12.1 Å². The molecule has 0 saturated heterocycles. The van der Waals surface area contributed by atoms with Crippen LogP contribution < -0.4 is 10.5 Å². The zero-order chi connectivity index (χ0) is 13.1. The predicted octanol–water partition coefficient (Wildman–Crippen LogP) is 1.04. The van der Waals surface area contributed by atoms with Crippen LogP contribution in [-0.4, -0.2) is 20.6 Å². The Labute approximate surface area is 101 Å². The number of nitrogens with one attached hydrogen (secondary N) is 1. The number of hydrogen-bond acceptors (Lipinski definition) is 3. The number of carbonyl (C=O) groups is 1. The molecule has 0 spiro atoms. The van der Waals surface area contributed by atoms with Crippen LogP contribution in [0.5, 0.6) is 0 Å². The minimum atomic E-state index is -3.27. The van der Waals surface area contributed by atoms with Crippen molar-refractivity contribution >= 4 is 21.6 Å². The van der Waals surface area contributed by atoms with Crippen molar-refractivity contribution in [1.82, 2.24) is 0 Å². The minimum Gasteiger partial charge on any atom is -0.369 e. The van der Waals surface area contributed by atoms with Crippen LogP contribution in [0.2, 0.25) is 0 Å². The number of anilines is 1. The number of hydrogen-bond donors (Lipinski definition) is 2. The lowest BCUT2D eigenvalue weighted by molar-refractivity contribution is -0.119. The largest absolute Gasteiger partial charge is 0.369 e. The van der Waals surface area contributed by atoms with Crippen molar-refractivity contribution in [2.45, 2.75) is 19.3 Å². The third-order valence-corrected chi connectivity index (χ3v) is 2.97. The molecule has 1 atom stereocenters. The summed E-state index contributed by atoms with van der Waals surface area (Å²) in [6.45, 7) is 1.87. The first-order valence-electron chi connectivity index (χ1n) is 5.20. The highest BCUT2D eigenvalue weighted by Gasteiger charge is 2.15. The molecule has 0 fully saturated rings. The van der Waals surface area contributed by atoms with E-state index in [1.165, 1.54) is 0 Å². The van der Waals surface area contributed by atoms with Crippen molar-refractivity contribution in [1.29, 1.82) is 0 Å². The van der Waals surface area contributed by atoms with Gasteiger partial charge >= 0.3 is 0 Å².